The van der Waals surface area contributed by atoms with Crippen molar-refractivity contribution in [2.45, 2.75) is 31.2 Å². The molecular weight excluding hydrogens is 280 g/mol. The van der Waals surface area contributed by atoms with Gasteiger partial charge in [0.1, 0.15) is 0 Å². The minimum absolute atomic E-state index is 0.122. The maximum absolute atomic E-state index is 12.0. The summed E-state index contributed by atoms with van der Waals surface area (Å²) in [5, 5.41) is 11.1. The summed E-state index contributed by atoms with van der Waals surface area (Å²) in [5.41, 5.74) is 0.348. The Labute approximate surface area is 119 Å². The van der Waals surface area contributed by atoms with Crippen LogP contribution in [0.2, 0.25) is 0 Å². The molecule has 1 atom stereocenters. The summed E-state index contributed by atoms with van der Waals surface area (Å²) in [7, 11) is -3.55. The molecule has 6 nitrogen and oxygen atoms in total. The zero-order valence-corrected chi connectivity index (χ0v) is 12.4. The van der Waals surface area contributed by atoms with Crippen molar-refractivity contribution < 1.29 is 18.3 Å². The number of hydrogen-bond donors (Lipinski definition) is 3. The monoisotopic (exact) mass is 300 g/mol. The van der Waals surface area contributed by atoms with Gasteiger partial charge in [0.15, 0.2) is 0 Å². The quantitative estimate of drug-likeness (QED) is 0.683. The third-order valence-corrected chi connectivity index (χ3v) is 4.40. The van der Waals surface area contributed by atoms with Crippen LogP contribution in [0.5, 0.6) is 0 Å². The second-order valence-electron chi connectivity index (χ2n) is 4.43. The lowest BCUT2D eigenvalue weighted by atomic mass is 10.2. The van der Waals surface area contributed by atoms with Gasteiger partial charge in [-0.2, -0.15) is 0 Å². The number of aliphatic hydroxyl groups is 1. The molecule has 1 unspecified atom stereocenters. The summed E-state index contributed by atoms with van der Waals surface area (Å²) in [5.74, 6) is -0.349. The molecule has 0 spiro atoms. The van der Waals surface area contributed by atoms with Gasteiger partial charge in [0, 0.05) is 18.2 Å². The zero-order valence-electron chi connectivity index (χ0n) is 11.6. The lowest BCUT2D eigenvalue weighted by Crippen LogP contribution is -2.32. The molecule has 0 aliphatic rings. The molecule has 1 amide bonds. The van der Waals surface area contributed by atoms with E-state index in [9.17, 15) is 13.2 Å². The molecule has 1 aromatic rings. The van der Waals surface area contributed by atoms with Gasteiger partial charge in [0.05, 0.1) is 11.5 Å². The van der Waals surface area contributed by atoms with Crippen LogP contribution in [-0.2, 0) is 10.0 Å². The van der Waals surface area contributed by atoms with Gasteiger partial charge in [0.25, 0.3) is 5.91 Å². The third-order valence-electron chi connectivity index (χ3n) is 2.79. The third kappa shape index (κ3) is 4.59. The Hall–Kier alpha value is -1.44. The Bertz CT molecular complexity index is 540. The summed E-state index contributed by atoms with van der Waals surface area (Å²) in [6, 6.07) is 5.51. The van der Waals surface area contributed by atoms with E-state index >= 15 is 0 Å². The van der Waals surface area contributed by atoms with Crippen molar-refractivity contribution in [2.75, 3.05) is 13.2 Å². The van der Waals surface area contributed by atoms with Gasteiger partial charge in [-0.1, -0.05) is 6.92 Å². The maximum Gasteiger partial charge on any atom is 0.251 e. The van der Waals surface area contributed by atoms with Gasteiger partial charge in [-0.25, -0.2) is 13.1 Å². The number of benzene rings is 1. The number of amides is 1. The molecule has 3 N–H and O–H groups in total. The average Bonchev–Trinajstić information content (AvgIpc) is 2.44. The molecular formula is C13H20N2O4S. The second-order valence-corrected chi connectivity index (χ2v) is 6.15. The molecule has 1 aromatic carbocycles. The van der Waals surface area contributed by atoms with E-state index in [2.05, 4.69) is 10.0 Å². The van der Waals surface area contributed by atoms with Gasteiger partial charge in [-0.3, -0.25) is 4.79 Å². The Balaban J connectivity index is 2.83. The van der Waals surface area contributed by atoms with Crippen LogP contribution in [0.15, 0.2) is 29.2 Å². The minimum Gasteiger partial charge on any atom is -0.395 e. The predicted molar refractivity (Wildman–Crippen MR) is 75.9 cm³/mol. The fraction of sp³-hybridized carbons (Fsp3) is 0.462. The molecule has 1 rings (SSSR count). The molecule has 0 heterocycles. The van der Waals surface area contributed by atoms with E-state index in [0.717, 1.165) is 0 Å². The van der Waals surface area contributed by atoms with Crippen LogP contribution in [0.3, 0.4) is 0 Å². The van der Waals surface area contributed by atoms with Gasteiger partial charge < -0.3 is 10.4 Å². The van der Waals surface area contributed by atoms with E-state index < -0.39 is 10.0 Å². The number of aliphatic hydroxyl groups excluding tert-OH is 1. The summed E-state index contributed by atoms with van der Waals surface area (Å²) in [4.78, 5) is 11.7. The minimum atomic E-state index is -3.55. The number of carbonyl (C=O) groups excluding carboxylic acids is 1. The second kappa shape index (κ2) is 7.37. The van der Waals surface area contributed by atoms with Gasteiger partial charge in [-0.15, -0.1) is 0 Å². The molecule has 0 aliphatic heterocycles. The molecule has 0 aliphatic carbocycles. The van der Waals surface area contributed by atoms with E-state index in [0.29, 0.717) is 12.0 Å². The highest BCUT2D eigenvalue weighted by Gasteiger charge is 2.16. The molecule has 7 heteroatoms. The Morgan fingerprint density at radius 2 is 1.90 bits per heavy atom. The van der Waals surface area contributed by atoms with Crippen molar-refractivity contribution in [3.63, 3.8) is 0 Å². The lowest BCUT2D eigenvalue weighted by Gasteiger charge is -2.12. The van der Waals surface area contributed by atoms with Crippen LogP contribution in [0, 0.1) is 0 Å². The fourth-order valence-corrected chi connectivity index (χ4v) is 2.80. The Kier molecular flexibility index (Phi) is 6.12. The number of nitrogens with one attached hydrogen (secondary N) is 2. The number of carbonyl (C=O) groups is 1. The first-order valence-corrected chi connectivity index (χ1v) is 7.90. The van der Waals surface area contributed by atoms with Crippen molar-refractivity contribution in [1.29, 1.82) is 0 Å². The van der Waals surface area contributed by atoms with Crippen molar-refractivity contribution >= 4 is 15.9 Å². The summed E-state index contributed by atoms with van der Waals surface area (Å²) >= 11 is 0. The van der Waals surface area contributed by atoms with E-state index in [1.165, 1.54) is 24.3 Å². The van der Waals surface area contributed by atoms with Gasteiger partial charge in [0.2, 0.25) is 10.0 Å². The normalized spacial score (nSPS) is 12.9. The smallest absolute Gasteiger partial charge is 0.251 e. The average molecular weight is 300 g/mol. The highest BCUT2D eigenvalue weighted by molar-refractivity contribution is 7.89. The maximum atomic E-state index is 12.0. The molecule has 0 aromatic heterocycles. The van der Waals surface area contributed by atoms with Crippen LogP contribution in [0.1, 0.15) is 30.6 Å². The van der Waals surface area contributed by atoms with Crippen LogP contribution >= 0.6 is 0 Å². The van der Waals surface area contributed by atoms with E-state index in [4.69, 9.17) is 5.11 Å². The summed E-state index contributed by atoms with van der Waals surface area (Å²) in [6.07, 6.45) is 0.695. The zero-order chi connectivity index (χ0) is 15.2. The van der Waals surface area contributed by atoms with E-state index in [1.807, 2.05) is 6.92 Å². The molecule has 0 fully saturated rings. The molecule has 0 saturated heterocycles. The van der Waals surface area contributed by atoms with E-state index in [1.54, 1.807) is 6.92 Å². The first-order chi connectivity index (χ1) is 9.40. The first-order valence-electron chi connectivity index (χ1n) is 6.42. The van der Waals surface area contributed by atoms with Crippen LogP contribution in [0.25, 0.3) is 0 Å². The van der Waals surface area contributed by atoms with Crippen molar-refractivity contribution in [2.24, 2.45) is 0 Å². The van der Waals surface area contributed by atoms with Crippen molar-refractivity contribution in [3.05, 3.63) is 29.8 Å². The SMILES string of the molecule is CCC(C)NS(=O)(=O)c1ccc(C(=O)NCCO)cc1. The van der Waals surface area contributed by atoms with E-state index in [-0.39, 0.29) is 30.0 Å². The van der Waals surface area contributed by atoms with Crippen LogP contribution in [0.4, 0.5) is 0 Å². The van der Waals surface area contributed by atoms with Gasteiger partial charge in [-0.05, 0) is 37.6 Å². The van der Waals surface area contributed by atoms with Crippen LogP contribution < -0.4 is 10.0 Å². The molecule has 0 saturated carbocycles. The first kappa shape index (κ1) is 16.6. The van der Waals surface area contributed by atoms with Crippen molar-refractivity contribution in [1.82, 2.24) is 10.0 Å². The van der Waals surface area contributed by atoms with Crippen molar-refractivity contribution in [3.8, 4) is 0 Å². The standard InChI is InChI=1S/C13H20N2O4S/c1-3-10(2)15-20(18,19)12-6-4-11(5-7-12)13(17)14-8-9-16/h4-7,10,15-16H,3,8-9H2,1-2H3,(H,14,17). The number of rotatable bonds is 7. The lowest BCUT2D eigenvalue weighted by molar-refractivity contribution is 0.0944. The highest BCUT2D eigenvalue weighted by Crippen LogP contribution is 2.11. The fourth-order valence-electron chi connectivity index (χ4n) is 1.47. The topological polar surface area (TPSA) is 95.5 Å². The molecule has 0 radical (unpaired) electrons. The summed E-state index contributed by atoms with van der Waals surface area (Å²) < 4.78 is 26.6. The van der Waals surface area contributed by atoms with Crippen LogP contribution in [-0.4, -0.2) is 38.6 Å². The Morgan fingerprint density at radius 1 is 1.30 bits per heavy atom. The molecule has 0 bridgehead atoms. The molecule has 112 valence electrons. The molecule has 20 heavy (non-hydrogen) atoms. The number of sulfonamides is 1. The Morgan fingerprint density at radius 3 is 2.40 bits per heavy atom. The largest absolute Gasteiger partial charge is 0.395 e. The highest BCUT2D eigenvalue weighted by atomic mass is 32.2. The summed E-state index contributed by atoms with van der Waals surface area (Å²) in [6.45, 7) is 3.70. The number of hydrogen-bond acceptors (Lipinski definition) is 4. The van der Waals surface area contributed by atoms with Gasteiger partial charge >= 0.3 is 0 Å². The predicted octanol–water partition coefficient (Wildman–Crippen LogP) is 0.485.